The summed E-state index contributed by atoms with van der Waals surface area (Å²) in [5.74, 6) is 0.866. The number of allylic oxidation sites excluding steroid dienone is 3. The van der Waals surface area contributed by atoms with E-state index in [1.807, 2.05) is 13.0 Å². The Morgan fingerprint density at radius 2 is 2.26 bits per heavy atom. The zero-order chi connectivity index (χ0) is 13.8. The normalized spacial score (nSPS) is 18.3. The standard InChI is InChI=1S/C16H20N2O/c1-3-15(19)14-10-9-13(16(17)18-14)11(2)12-7-5-4-6-8-12/h4-5,9-10,12H,2-3,6-8H2,1H3,(H2,17,18). The van der Waals surface area contributed by atoms with Crippen molar-refractivity contribution in [1.29, 1.82) is 0 Å². The summed E-state index contributed by atoms with van der Waals surface area (Å²) in [7, 11) is 0. The molecule has 1 aliphatic carbocycles. The molecule has 0 saturated carbocycles. The van der Waals surface area contributed by atoms with Crippen LogP contribution in [0, 0.1) is 5.92 Å². The molecule has 19 heavy (non-hydrogen) atoms. The van der Waals surface area contributed by atoms with Crippen LogP contribution in [-0.2, 0) is 0 Å². The Labute approximate surface area is 114 Å². The number of hydrogen-bond acceptors (Lipinski definition) is 3. The average molecular weight is 256 g/mol. The Bertz CT molecular complexity index is 532. The van der Waals surface area contributed by atoms with Crippen molar-refractivity contribution in [2.24, 2.45) is 5.92 Å². The lowest BCUT2D eigenvalue weighted by atomic mass is 9.85. The largest absolute Gasteiger partial charge is 0.383 e. The van der Waals surface area contributed by atoms with E-state index in [-0.39, 0.29) is 5.78 Å². The zero-order valence-corrected chi connectivity index (χ0v) is 11.4. The molecule has 0 bridgehead atoms. The molecule has 2 N–H and O–H groups in total. The molecular weight excluding hydrogens is 236 g/mol. The first-order chi connectivity index (χ1) is 9.13. The first-order valence-corrected chi connectivity index (χ1v) is 6.77. The van der Waals surface area contributed by atoms with Crippen LogP contribution in [0.5, 0.6) is 0 Å². The third kappa shape index (κ3) is 2.92. The highest BCUT2D eigenvalue weighted by molar-refractivity contribution is 5.94. The summed E-state index contributed by atoms with van der Waals surface area (Å²) in [6, 6.07) is 3.63. The fourth-order valence-electron chi connectivity index (χ4n) is 2.41. The molecule has 1 aliphatic rings. The minimum absolute atomic E-state index is 0.0180. The molecule has 0 fully saturated rings. The molecule has 3 nitrogen and oxygen atoms in total. The van der Waals surface area contributed by atoms with Crippen LogP contribution in [0.4, 0.5) is 5.82 Å². The summed E-state index contributed by atoms with van der Waals surface area (Å²) in [6.07, 6.45) is 8.04. The number of nitrogen functional groups attached to an aromatic ring is 1. The van der Waals surface area contributed by atoms with Gasteiger partial charge in [-0.1, -0.05) is 25.7 Å². The van der Waals surface area contributed by atoms with Gasteiger partial charge in [0.25, 0.3) is 0 Å². The van der Waals surface area contributed by atoms with Crippen LogP contribution in [0.15, 0.2) is 30.9 Å². The Hall–Kier alpha value is -1.90. The molecule has 3 heteroatoms. The fraction of sp³-hybridized carbons (Fsp3) is 0.375. The number of rotatable bonds is 4. The number of nitrogens with zero attached hydrogens (tertiary/aromatic N) is 1. The second-order valence-corrected chi connectivity index (χ2v) is 4.91. The fourth-order valence-corrected chi connectivity index (χ4v) is 2.41. The maximum Gasteiger partial charge on any atom is 0.180 e. The average Bonchev–Trinajstić information content (AvgIpc) is 2.46. The maximum absolute atomic E-state index is 11.6. The van der Waals surface area contributed by atoms with E-state index in [9.17, 15) is 4.79 Å². The molecule has 1 aromatic heterocycles. The highest BCUT2D eigenvalue weighted by atomic mass is 16.1. The van der Waals surface area contributed by atoms with Gasteiger partial charge in [-0.05, 0) is 42.9 Å². The third-order valence-electron chi connectivity index (χ3n) is 3.64. The number of nitrogens with two attached hydrogens (primary N) is 1. The molecule has 0 aromatic carbocycles. The first-order valence-electron chi connectivity index (χ1n) is 6.77. The van der Waals surface area contributed by atoms with Crippen LogP contribution in [-0.4, -0.2) is 10.8 Å². The van der Waals surface area contributed by atoms with Gasteiger partial charge in [0.05, 0.1) is 0 Å². The summed E-state index contributed by atoms with van der Waals surface area (Å²) in [4.78, 5) is 15.8. The van der Waals surface area contributed by atoms with E-state index in [2.05, 4.69) is 23.7 Å². The second-order valence-electron chi connectivity index (χ2n) is 4.91. The Balaban J connectivity index is 2.23. The Kier molecular flexibility index (Phi) is 4.15. The molecule has 0 spiro atoms. The lowest BCUT2D eigenvalue weighted by Gasteiger charge is -2.21. The van der Waals surface area contributed by atoms with E-state index < -0.39 is 0 Å². The van der Waals surface area contributed by atoms with Gasteiger partial charge < -0.3 is 5.73 Å². The van der Waals surface area contributed by atoms with Crippen molar-refractivity contribution < 1.29 is 4.79 Å². The number of aromatic nitrogens is 1. The van der Waals surface area contributed by atoms with Gasteiger partial charge in [0.1, 0.15) is 11.5 Å². The van der Waals surface area contributed by atoms with Crippen LogP contribution in [0.25, 0.3) is 5.57 Å². The van der Waals surface area contributed by atoms with Gasteiger partial charge in [-0.2, -0.15) is 0 Å². The minimum atomic E-state index is 0.0180. The molecule has 2 rings (SSSR count). The molecule has 0 aliphatic heterocycles. The topological polar surface area (TPSA) is 56.0 Å². The molecule has 100 valence electrons. The van der Waals surface area contributed by atoms with E-state index >= 15 is 0 Å². The van der Waals surface area contributed by atoms with Gasteiger partial charge in [0.2, 0.25) is 0 Å². The number of Topliss-reactive ketones (excluding diaryl/α,β-unsaturated/α-hetero) is 1. The van der Waals surface area contributed by atoms with Crippen LogP contribution >= 0.6 is 0 Å². The van der Waals surface area contributed by atoms with E-state index in [0.29, 0.717) is 23.9 Å². The lowest BCUT2D eigenvalue weighted by Crippen LogP contribution is -2.09. The van der Waals surface area contributed by atoms with Crippen molar-refractivity contribution in [3.05, 3.63) is 42.1 Å². The van der Waals surface area contributed by atoms with Gasteiger partial charge in [-0.3, -0.25) is 4.79 Å². The smallest absolute Gasteiger partial charge is 0.180 e. The molecule has 1 atom stereocenters. The van der Waals surface area contributed by atoms with Crippen molar-refractivity contribution in [1.82, 2.24) is 4.98 Å². The number of carbonyl (C=O) groups is 1. The number of carbonyl (C=O) groups excluding carboxylic acids is 1. The van der Waals surface area contributed by atoms with Gasteiger partial charge in [0.15, 0.2) is 5.78 Å². The monoisotopic (exact) mass is 256 g/mol. The second kappa shape index (κ2) is 5.83. The zero-order valence-electron chi connectivity index (χ0n) is 11.4. The van der Waals surface area contributed by atoms with Crippen molar-refractivity contribution in [3.8, 4) is 0 Å². The molecular formula is C16H20N2O. The van der Waals surface area contributed by atoms with Crippen LogP contribution in [0.2, 0.25) is 0 Å². The van der Waals surface area contributed by atoms with Crippen LogP contribution in [0.3, 0.4) is 0 Å². The molecule has 0 saturated heterocycles. The highest BCUT2D eigenvalue weighted by Crippen LogP contribution is 2.33. The van der Waals surface area contributed by atoms with Crippen LogP contribution in [0.1, 0.15) is 48.7 Å². The minimum Gasteiger partial charge on any atom is -0.383 e. The first kappa shape index (κ1) is 13.5. The van der Waals surface area contributed by atoms with E-state index in [1.165, 1.54) is 0 Å². The number of hydrogen-bond donors (Lipinski definition) is 1. The summed E-state index contributed by atoms with van der Waals surface area (Å²) >= 11 is 0. The van der Waals surface area contributed by atoms with Gasteiger partial charge >= 0.3 is 0 Å². The summed E-state index contributed by atoms with van der Waals surface area (Å²) in [6.45, 7) is 5.99. The van der Waals surface area contributed by atoms with E-state index in [0.717, 1.165) is 30.4 Å². The predicted octanol–water partition coefficient (Wildman–Crippen LogP) is 3.63. The van der Waals surface area contributed by atoms with Crippen molar-refractivity contribution in [2.45, 2.75) is 32.6 Å². The molecule has 1 unspecified atom stereocenters. The van der Waals surface area contributed by atoms with Crippen LogP contribution < -0.4 is 5.73 Å². The number of ketones is 1. The third-order valence-corrected chi connectivity index (χ3v) is 3.64. The lowest BCUT2D eigenvalue weighted by molar-refractivity contribution is 0.0983. The Morgan fingerprint density at radius 1 is 1.47 bits per heavy atom. The quantitative estimate of drug-likeness (QED) is 0.661. The molecule has 0 radical (unpaired) electrons. The van der Waals surface area contributed by atoms with E-state index in [4.69, 9.17) is 5.73 Å². The van der Waals surface area contributed by atoms with Crippen molar-refractivity contribution in [2.75, 3.05) is 5.73 Å². The van der Waals surface area contributed by atoms with E-state index in [1.54, 1.807) is 6.07 Å². The van der Waals surface area contributed by atoms with Gasteiger partial charge in [-0.15, -0.1) is 0 Å². The molecule has 0 amide bonds. The van der Waals surface area contributed by atoms with Gasteiger partial charge in [-0.25, -0.2) is 4.98 Å². The van der Waals surface area contributed by atoms with Crippen molar-refractivity contribution >= 4 is 17.2 Å². The maximum atomic E-state index is 11.6. The Morgan fingerprint density at radius 3 is 2.84 bits per heavy atom. The van der Waals surface area contributed by atoms with Gasteiger partial charge in [0, 0.05) is 12.0 Å². The predicted molar refractivity (Wildman–Crippen MR) is 78.8 cm³/mol. The SMILES string of the molecule is C=C(c1ccc(C(=O)CC)nc1N)C1CC=CCC1. The summed E-state index contributed by atoms with van der Waals surface area (Å²) in [5.41, 5.74) is 8.34. The number of pyridine rings is 1. The summed E-state index contributed by atoms with van der Waals surface area (Å²) < 4.78 is 0. The number of anilines is 1. The molecule has 1 aromatic rings. The molecule has 1 heterocycles. The van der Waals surface area contributed by atoms with Crippen molar-refractivity contribution in [3.63, 3.8) is 0 Å². The highest BCUT2D eigenvalue weighted by Gasteiger charge is 2.18. The summed E-state index contributed by atoms with van der Waals surface area (Å²) in [5, 5.41) is 0.